The lowest BCUT2D eigenvalue weighted by molar-refractivity contribution is -0.124. The zero-order valence-electron chi connectivity index (χ0n) is 14.1. The number of carbonyl (C=O) groups is 2. The third kappa shape index (κ3) is 5.60. The number of anilines is 1. The standard InChI is InChI=1S/C17H20Cl2N4O2/c1-17(10-20,11-3-4-11)22-16(25)9-23(2)8-15(24)21-12-5-6-13(18)14(19)7-12/h5-7,11H,3-4,8-9H2,1-2H3,(H,21,24)(H,22,25)/t17-/m0/s1. The lowest BCUT2D eigenvalue weighted by Crippen LogP contribution is -2.50. The van der Waals surface area contributed by atoms with Crippen LogP contribution < -0.4 is 10.6 Å². The second-order valence-corrected chi connectivity index (χ2v) is 7.30. The highest BCUT2D eigenvalue weighted by molar-refractivity contribution is 6.42. The largest absolute Gasteiger partial charge is 0.337 e. The average Bonchev–Trinajstić information content (AvgIpc) is 3.35. The monoisotopic (exact) mass is 382 g/mol. The topological polar surface area (TPSA) is 85.2 Å². The van der Waals surface area contributed by atoms with E-state index in [0.29, 0.717) is 15.7 Å². The van der Waals surface area contributed by atoms with Crippen molar-refractivity contribution in [1.82, 2.24) is 10.2 Å². The fourth-order valence-electron chi connectivity index (χ4n) is 2.53. The molecule has 1 aliphatic carbocycles. The molecule has 1 saturated carbocycles. The van der Waals surface area contributed by atoms with Crippen LogP contribution in [0.2, 0.25) is 10.0 Å². The van der Waals surface area contributed by atoms with Crippen LogP contribution in [0.5, 0.6) is 0 Å². The summed E-state index contributed by atoms with van der Waals surface area (Å²) in [7, 11) is 1.66. The van der Waals surface area contributed by atoms with Gasteiger partial charge in [0.1, 0.15) is 5.54 Å². The average molecular weight is 383 g/mol. The summed E-state index contributed by atoms with van der Waals surface area (Å²) < 4.78 is 0. The number of benzene rings is 1. The highest BCUT2D eigenvalue weighted by atomic mass is 35.5. The molecule has 1 atom stereocenters. The summed E-state index contributed by atoms with van der Waals surface area (Å²) in [6, 6.07) is 6.97. The summed E-state index contributed by atoms with van der Waals surface area (Å²) in [6.07, 6.45) is 1.90. The highest BCUT2D eigenvalue weighted by Gasteiger charge is 2.43. The number of nitrogens with one attached hydrogen (secondary N) is 2. The van der Waals surface area contributed by atoms with Gasteiger partial charge in [-0.15, -0.1) is 0 Å². The van der Waals surface area contributed by atoms with E-state index < -0.39 is 5.54 Å². The van der Waals surface area contributed by atoms with Crippen molar-refractivity contribution in [1.29, 1.82) is 5.26 Å². The Bertz CT molecular complexity index is 715. The Kier molecular flexibility index (Phi) is 6.28. The van der Waals surface area contributed by atoms with Crippen LogP contribution in [-0.2, 0) is 9.59 Å². The van der Waals surface area contributed by atoms with Crippen molar-refractivity contribution in [3.63, 3.8) is 0 Å². The molecule has 6 nitrogen and oxygen atoms in total. The van der Waals surface area contributed by atoms with Gasteiger partial charge in [-0.05, 0) is 50.9 Å². The van der Waals surface area contributed by atoms with Crippen molar-refractivity contribution < 1.29 is 9.59 Å². The SMILES string of the molecule is CN(CC(=O)Nc1ccc(Cl)c(Cl)c1)CC(=O)N[C@@](C)(C#N)C1CC1. The Balaban J connectivity index is 1.81. The molecular formula is C17H20Cl2N4O2. The molecule has 2 rings (SSSR count). The number of likely N-dealkylation sites (N-methyl/N-ethyl adjacent to an activating group) is 1. The van der Waals surface area contributed by atoms with Crippen molar-refractivity contribution >= 4 is 40.7 Å². The minimum absolute atomic E-state index is 0.0266. The van der Waals surface area contributed by atoms with Gasteiger partial charge in [0, 0.05) is 5.69 Å². The molecule has 1 aromatic carbocycles. The number of hydrogen-bond acceptors (Lipinski definition) is 4. The van der Waals surface area contributed by atoms with E-state index in [9.17, 15) is 14.9 Å². The maximum Gasteiger partial charge on any atom is 0.238 e. The number of amides is 2. The Labute approximate surface area is 157 Å². The van der Waals surface area contributed by atoms with Crippen LogP contribution in [0, 0.1) is 17.2 Å². The van der Waals surface area contributed by atoms with Gasteiger partial charge in [-0.25, -0.2) is 0 Å². The van der Waals surface area contributed by atoms with Crippen molar-refractivity contribution in [3.05, 3.63) is 28.2 Å². The van der Waals surface area contributed by atoms with Crippen LogP contribution in [0.3, 0.4) is 0 Å². The molecular weight excluding hydrogens is 363 g/mol. The summed E-state index contributed by atoms with van der Waals surface area (Å²) in [6.45, 7) is 1.79. The lowest BCUT2D eigenvalue weighted by atomic mass is 9.98. The first kappa shape index (κ1) is 19.5. The van der Waals surface area contributed by atoms with E-state index in [2.05, 4.69) is 16.7 Å². The fraction of sp³-hybridized carbons (Fsp3) is 0.471. The molecule has 1 aromatic rings. The van der Waals surface area contributed by atoms with Crippen LogP contribution in [0.15, 0.2) is 18.2 Å². The number of nitrogens with zero attached hydrogens (tertiary/aromatic N) is 2. The molecule has 0 unspecified atom stereocenters. The van der Waals surface area contributed by atoms with Crippen molar-refractivity contribution in [2.75, 3.05) is 25.5 Å². The van der Waals surface area contributed by atoms with E-state index in [-0.39, 0.29) is 30.8 Å². The van der Waals surface area contributed by atoms with Crippen LogP contribution in [0.4, 0.5) is 5.69 Å². The second-order valence-electron chi connectivity index (χ2n) is 6.49. The van der Waals surface area contributed by atoms with Gasteiger partial charge in [0.2, 0.25) is 11.8 Å². The third-order valence-corrected chi connectivity index (χ3v) is 4.79. The molecule has 134 valence electrons. The van der Waals surface area contributed by atoms with Gasteiger partial charge in [0.15, 0.2) is 0 Å². The van der Waals surface area contributed by atoms with Crippen molar-refractivity contribution in [2.24, 2.45) is 5.92 Å². The Morgan fingerprint density at radius 2 is 1.92 bits per heavy atom. The van der Waals surface area contributed by atoms with Crippen molar-refractivity contribution in [2.45, 2.75) is 25.3 Å². The van der Waals surface area contributed by atoms with Gasteiger partial charge < -0.3 is 10.6 Å². The van der Waals surface area contributed by atoms with Crippen molar-refractivity contribution in [3.8, 4) is 6.07 Å². The van der Waals surface area contributed by atoms with Crippen LogP contribution in [0.1, 0.15) is 19.8 Å². The smallest absolute Gasteiger partial charge is 0.238 e. The maximum atomic E-state index is 12.1. The van der Waals surface area contributed by atoms with E-state index in [4.69, 9.17) is 23.2 Å². The minimum Gasteiger partial charge on any atom is -0.337 e. The molecule has 25 heavy (non-hydrogen) atoms. The van der Waals surface area contributed by atoms with E-state index in [1.54, 1.807) is 37.1 Å². The van der Waals surface area contributed by atoms with Gasteiger partial charge in [-0.3, -0.25) is 14.5 Å². The summed E-state index contributed by atoms with van der Waals surface area (Å²) in [5.41, 5.74) is -0.303. The van der Waals surface area contributed by atoms with Gasteiger partial charge in [-0.1, -0.05) is 23.2 Å². The highest BCUT2D eigenvalue weighted by Crippen LogP contribution is 2.39. The molecule has 8 heteroatoms. The van der Waals surface area contributed by atoms with E-state index in [1.807, 2.05) is 0 Å². The molecule has 0 spiro atoms. The zero-order valence-corrected chi connectivity index (χ0v) is 15.6. The molecule has 0 saturated heterocycles. The molecule has 1 fully saturated rings. The molecule has 0 bridgehead atoms. The molecule has 0 heterocycles. The van der Waals surface area contributed by atoms with Crippen LogP contribution in [0.25, 0.3) is 0 Å². The van der Waals surface area contributed by atoms with Crippen LogP contribution >= 0.6 is 23.2 Å². The van der Waals surface area contributed by atoms with Gasteiger partial charge in [-0.2, -0.15) is 5.26 Å². The molecule has 2 amide bonds. The fourth-order valence-corrected chi connectivity index (χ4v) is 2.83. The van der Waals surface area contributed by atoms with E-state index in [1.165, 1.54) is 0 Å². The quantitative estimate of drug-likeness (QED) is 0.758. The second kappa shape index (κ2) is 8.05. The Hall–Kier alpha value is -1.81. The van der Waals surface area contributed by atoms with Gasteiger partial charge >= 0.3 is 0 Å². The Morgan fingerprint density at radius 3 is 2.48 bits per heavy atom. The minimum atomic E-state index is -0.833. The van der Waals surface area contributed by atoms with E-state index >= 15 is 0 Å². The maximum absolute atomic E-state index is 12.1. The number of rotatable bonds is 7. The predicted octanol–water partition coefficient (Wildman–Crippen LogP) is 2.67. The number of nitriles is 1. The summed E-state index contributed by atoms with van der Waals surface area (Å²) in [5.74, 6) is -0.343. The van der Waals surface area contributed by atoms with E-state index in [0.717, 1.165) is 12.8 Å². The third-order valence-electron chi connectivity index (χ3n) is 4.06. The van der Waals surface area contributed by atoms with Gasteiger partial charge in [0.25, 0.3) is 0 Å². The molecule has 0 aliphatic heterocycles. The first-order chi connectivity index (χ1) is 11.7. The molecule has 2 N–H and O–H groups in total. The van der Waals surface area contributed by atoms with Crippen LogP contribution in [-0.4, -0.2) is 42.4 Å². The normalized spacial score (nSPS) is 16.0. The first-order valence-electron chi connectivity index (χ1n) is 7.89. The zero-order chi connectivity index (χ0) is 18.6. The van der Waals surface area contributed by atoms with Gasteiger partial charge in [0.05, 0.1) is 29.2 Å². The first-order valence-corrected chi connectivity index (χ1v) is 8.65. The summed E-state index contributed by atoms with van der Waals surface area (Å²) >= 11 is 11.7. The predicted molar refractivity (Wildman–Crippen MR) is 97.5 cm³/mol. The summed E-state index contributed by atoms with van der Waals surface area (Å²) in [4.78, 5) is 25.7. The summed E-state index contributed by atoms with van der Waals surface area (Å²) in [5, 5.41) is 15.5. The molecule has 1 aliphatic rings. The number of halogens is 2. The molecule has 0 aromatic heterocycles. The lowest BCUT2D eigenvalue weighted by Gasteiger charge is -2.24. The number of hydrogen-bond donors (Lipinski definition) is 2. The Morgan fingerprint density at radius 1 is 1.28 bits per heavy atom. The molecule has 0 radical (unpaired) electrons. The number of carbonyl (C=O) groups excluding carboxylic acids is 2.